The van der Waals surface area contributed by atoms with Gasteiger partial charge >= 0.3 is 0 Å². The van der Waals surface area contributed by atoms with Crippen LogP contribution >= 0.6 is 15.9 Å². The molecule has 21 heavy (non-hydrogen) atoms. The van der Waals surface area contributed by atoms with E-state index in [0.29, 0.717) is 11.4 Å². The number of hydrogen-bond donors (Lipinski definition) is 0. The van der Waals surface area contributed by atoms with Gasteiger partial charge in [0.05, 0.1) is 11.1 Å². The topological polar surface area (TPSA) is 52.0 Å². The van der Waals surface area contributed by atoms with Crippen molar-refractivity contribution < 1.29 is 8.42 Å². The number of rotatable bonds is 3. The van der Waals surface area contributed by atoms with E-state index in [0.717, 1.165) is 8.45 Å². The molecule has 0 atom stereocenters. The molecule has 4 nitrogen and oxygen atoms in total. The van der Waals surface area contributed by atoms with Crippen molar-refractivity contribution in [2.75, 3.05) is 0 Å². The summed E-state index contributed by atoms with van der Waals surface area (Å²) in [6.07, 6.45) is 3.94. The van der Waals surface area contributed by atoms with E-state index >= 15 is 0 Å². The summed E-state index contributed by atoms with van der Waals surface area (Å²) in [5, 5.41) is 0. The first-order chi connectivity index (χ1) is 10.1. The highest BCUT2D eigenvalue weighted by atomic mass is 79.9. The summed E-state index contributed by atoms with van der Waals surface area (Å²) in [6, 6.07) is 15.5. The van der Waals surface area contributed by atoms with Crippen molar-refractivity contribution in [3.8, 4) is 11.4 Å². The lowest BCUT2D eigenvalue weighted by Gasteiger charge is -2.09. The van der Waals surface area contributed by atoms with Gasteiger partial charge in [0, 0.05) is 10.0 Å². The Hall–Kier alpha value is -1.92. The van der Waals surface area contributed by atoms with Gasteiger partial charge in [-0.1, -0.05) is 46.3 Å². The van der Waals surface area contributed by atoms with Crippen molar-refractivity contribution in [3.05, 3.63) is 71.5 Å². The molecule has 0 unspecified atom stereocenters. The summed E-state index contributed by atoms with van der Waals surface area (Å²) in [4.78, 5) is 4.27. The lowest BCUT2D eigenvalue weighted by molar-refractivity contribution is 0.588. The summed E-state index contributed by atoms with van der Waals surface area (Å²) in [5.74, 6) is 0.339. The fraction of sp³-hybridized carbons (Fsp3) is 0. The molecule has 0 aliphatic carbocycles. The van der Waals surface area contributed by atoms with Gasteiger partial charge in [-0.3, -0.25) is 0 Å². The molecule has 0 bridgehead atoms. The van der Waals surface area contributed by atoms with Crippen molar-refractivity contribution >= 4 is 26.0 Å². The van der Waals surface area contributed by atoms with Gasteiger partial charge in [-0.2, -0.15) is 0 Å². The van der Waals surface area contributed by atoms with Crippen LogP contribution in [0.4, 0.5) is 0 Å². The van der Waals surface area contributed by atoms with Gasteiger partial charge in [-0.25, -0.2) is 17.4 Å². The summed E-state index contributed by atoms with van der Waals surface area (Å²) in [7, 11) is -3.67. The molecular formula is C15H10BrN2O2S. The minimum atomic E-state index is -3.67. The van der Waals surface area contributed by atoms with Crippen LogP contribution in [-0.4, -0.2) is 17.4 Å². The van der Waals surface area contributed by atoms with Gasteiger partial charge < -0.3 is 0 Å². The number of hydrogen-bond acceptors (Lipinski definition) is 3. The first-order valence-electron chi connectivity index (χ1n) is 6.11. The van der Waals surface area contributed by atoms with E-state index in [9.17, 15) is 8.42 Å². The maximum atomic E-state index is 12.6. The van der Waals surface area contributed by atoms with Crippen LogP contribution in [0.2, 0.25) is 0 Å². The van der Waals surface area contributed by atoms with E-state index in [1.807, 2.05) is 12.1 Å². The second kappa shape index (κ2) is 5.46. The van der Waals surface area contributed by atoms with Gasteiger partial charge in [-0.15, -0.1) is 0 Å². The fourth-order valence-corrected chi connectivity index (χ4v) is 3.49. The van der Waals surface area contributed by atoms with Crippen LogP contribution in [0.15, 0.2) is 70.2 Å². The quantitative estimate of drug-likeness (QED) is 0.718. The van der Waals surface area contributed by atoms with E-state index < -0.39 is 10.0 Å². The third-order valence-electron chi connectivity index (χ3n) is 2.96. The highest BCUT2D eigenvalue weighted by molar-refractivity contribution is 9.10. The lowest BCUT2D eigenvalue weighted by Crippen LogP contribution is -2.13. The molecule has 3 rings (SSSR count). The van der Waals surface area contributed by atoms with Crippen LogP contribution in [0, 0.1) is 6.20 Å². The van der Waals surface area contributed by atoms with Gasteiger partial charge in [0.15, 0.2) is 5.82 Å². The molecule has 0 aliphatic heterocycles. The lowest BCUT2D eigenvalue weighted by atomic mass is 10.2. The maximum absolute atomic E-state index is 12.6. The van der Waals surface area contributed by atoms with Crippen LogP contribution in [-0.2, 0) is 10.0 Å². The highest BCUT2D eigenvalue weighted by Crippen LogP contribution is 2.24. The molecule has 0 amide bonds. The molecule has 1 radical (unpaired) electrons. The van der Waals surface area contributed by atoms with Gasteiger partial charge in [0.2, 0.25) is 0 Å². The zero-order valence-corrected chi connectivity index (χ0v) is 13.2. The molecule has 105 valence electrons. The molecule has 1 aromatic heterocycles. The van der Waals surface area contributed by atoms with Crippen molar-refractivity contribution in [1.29, 1.82) is 0 Å². The molecule has 0 aliphatic rings. The average molecular weight is 362 g/mol. The van der Waals surface area contributed by atoms with Crippen molar-refractivity contribution in [2.24, 2.45) is 0 Å². The monoisotopic (exact) mass is 361 g/mol. The van der Waals surface area contributed by atoms with E-state index in [1.54, 1.807) is 42.5 Å². The third kappa shape index (κ3) is 2.64. The largest absolute Gasteiger partial charge is 0.269 e. The van der Waals surface area contributed by atoms with Gasteiger partial charge in [0.1, 0.15) is 6.20 Å². The fourth-order valence-electron chi connectivity index (χ4n) is 1.93. The van der Waals surface area contributed by atoms with Gasteiger partial charge in [0.25, 0.3) is 10.0 Å². The van der Waals surface area contributed by atoms with Crippen LogP contribution in [0.3, 0.4) is 0 Å². The number of imidazole rings is 1. The Morgan fingerprint density at radius 3 is 2.33 bits per heavy atom. The first kappa shape index (κ1) is 14.0. The molecule has 3 aromatic rings. The first-order valence-corrected chi connectivity index (χ1v) is 8.34. The molecule has 0 spiro atoms. The van der Waals surface area contributed by atoms with E-state index in [-0.39, 0.29) is 4.90 Å². The van der Waals surface area contributed by atoms with E-state index in [4.69, 9.17) is 0 Å². The summed E-state index contributed by atoms with van der Waals surface area (Å²) >= 11 is 3.35. The second-order valence-corrected chi connectivity index (χ2v) is 7.05. The molecule has 0 saturated heterocycles. The number of halogens is 1. The minimum Gasteiger partial charge on any atom is -0.226 e. The van der Waals surface area contributed by atoms with Crippen molar-refractivity contribution in [3.63, 3.8) is 0 Å². The average Bonchev–Trinajstić information content (AvgIpc) is 2.99. The Morgan fingerprint density at radius 2 is 1.67 bits per heavy atom. The van der Waals surface area contributed by atoms with Crippen molar-refractivity contribution in [1.82, 2.24) is 8.96 Å². The maximum Gasteiger partial charge on any atom is 0.269 e. The molecule has 0 saturated carbocycles. The standard InChI is InChI=1S/C15H10BrN2O2S/c16-13-8-6-12(7-9-13)15-17-10-11-18(15)21(19,20)14-4-2-1-3-5-14/h1-9,11H. The third-order valence-corrected chi connectivity index (χ3v) is 5.15. The highest BCUT2D eigenvalue weighted by Gasteiger charge is 2.20. The molecule has 1 heterocycles. The smallest absolute Gasteiger partial charge is 0.226 e. The van der Waals surface area contributed by atoms with Gasteiger partial charge in [-0.05, 0) is 24.3 Å². The Balaban J connectivity index is 2.13. The molecule has 0 fully saturated rings. The summed E-state index contributed by atoms with van der Waals surface area (Å²) < 4.78 is 27.4. The number of benzene rings is 2. The van der Waals surface area contributed by atoms with Crippen LogP contribution in [0.5, 0.6) is 0 Å². The van der Waals surface area contributed by atoms with E-state index in [1.165, 1.54) is 6.20 Å². The Bertz CT molecular complexity index is 856. The number of nitrogens with zero attached hydrogens (tertiary/aromatic N) is 2. The second-order valence-electron chi connectivity index (χ2n) is 4.31. The van der Waals surface area contributed by atoms with Crippen LogP contribution < -0.4 is 0 Å². The zero-order chi connectivity index (χ0) is 14.9. The van der Waals surface area contributed by atoms with Crippen LogP contribution in [0.1, 0.15) is 0 Å². The van der Waals surface area contributed by atoms with Crippen LogP contribution in [0.25, 0.3) is 11.4 Å². The summed E-state index contributed by atoms with van der Waals surface area (Å²) in [6.45, 7) is 0. The predicted octanol–water partition coefficient (Wildman–Crippen LogP) is 3.35. The SMILES string of the molecule is O=S(=O)(c1ccccc1)n1c[c]nc1-c1ccc(Br)cc1. The Morgan fingerprint density at radius 1 is 1.00 bits per heavy atom. The predicted molar refractivity (Wildman–Crippen MR) is 83.2 cm³/mol. The Kier molecular flexibility index (Phi) is 3.65. The Labute approximate surface area is 131 Å². The normalized spacial score (nSPS) is 11.5. The van der Waals surface area contributed by atoms with Crippen molar-refractivity contribution in [2.45, 2.75) is 4.90 Å². The van der Waals surface area contributed by atoms with E-state index in [2.05, 4.69) is 27.1 Å². The molecule has 6 heteroatoms. The summed E-state index contributed by atoms with van der Waals surface area (Å²) in [5.41, 5.74) is 0.707. The molecule has 2 aromatic carbocycles. The molecular weight excluding hydrogens is 352 g/mol. The molecule has 0 N–H and O–H groups in total. The zero-order valence-electron chi connectivity index (χ0n) is 10.8. The minimum absolute atomic E-state index is 0.217. The number of aromatic nitrogens is 2.